The van der Waals surface area contributed by atoms with Crippen LogP contribution in [0.3, 0.4) is 0 Å². The zero-order valence-corrected chi connectivity index (χ0v) is 35.7. The van der Waals surface area contributed by atoms with Crippen LogP contribution in [0.5, 0.6) is 0 Å². The Bertz CT molecular complexity index is 2910. The molecule has 7 aromatic rings. The van der Waals surface area contributed by atoms with Crippen molar-refractivity contribution in [2.75, 3.05) is 13.2 Å². The smallest absolute Gasteiger partial charge is 0.373 e. The summed E-state index contributed by atoms with van der Waals surface area (Å²) in [7, 11) is -11.1. The molecule has 0 atom stereocenters. The monoisotopic (exact) mass is 846 g/mol. The van der Waals surface area contributed by atoms with Gasteiger partial charge in [0, 0.05) is 45.7 Å². The van der Waals surface area contributed by atoms with E-state index in [4.69, 9.17) is 20.8 Å². The van der Waals surface area contributed by atoms with E-state index in [1.165, 1.54) is 29.4 Å². The second-order valence-corrected chi connectivity index (χ2v) is 17.8. The third kappa shape index (κ3) is 11.0. The number of H-pyrrole nitrogens is 2. The summed E-state index contributed by atoms with van der Waals surface area (Å²) in [6, 6.07) is 33.9. The Morgan fingerprint density at radius 2 is 1.05 bits per heavy atom. The number of sulfone groups is 2. The number of hydrogen-bond donors (Lipinski definition) is 2. The number of nitrogens with zero attached hydrogens (tertiary/aromatic N) is 6. The third-order valence-corrected chi connectivity index (χ3v) is 13.6. The zero-order valence-electron chi connectivity index (χ0n) is 31.3. The van der Waals surface area contributed by atoms with Crippen molar-refractivity contribution >= 4 is 51.6 Å². The Hall–Kier alpha value is -5.39. The topological polar surface area (TPSA) is 251 Å². The molecule has 0 aliphatic rings. The van der Waals surface area contributed by atoms with Crippen molar-refractivity contribution < 1.29 is 59.0 Å². The molecule has 58 heavy (non-hydrogen) atoms. The summed E-state index contributed by atoms with van der Waals surface area (Å²) in [5.74, 6) is 0. The minimum Gasteiger partial charge on any atom is -0.373 e. The fourth-order valence-corrected chi connectivity index (χ4v) is 9.55. The molecule has 2 aromatic heterocycles. The molecule has 2 heterocycles. The van der Waals surface area contributed by atoms with E-state index in [1.807, 2.05) is 31.2 Å². The first-order chi connectivity index (χ1) is 27.3. The second kappa shape index (κ2) is 20.3. The fraction of sp³-hybridized carbons (Fsp3) is 0.128. The second-order valence-electron chi connectivity index (χ2n) is 12.3. The summed E-state index contributed by atoms with van der Waals surface area (Å²) in [5.41, 5.74) is 25.9. The number of azide groups is 1. The van der Waals surface area contributed by atoms with E-state index < -0.39 is 29.8 Å². The Morgan fingerprint density at radius 3 is 1.50 bits per heavy atom. The van der Waals surface area contributed by atoms with Gasteiger partial charge in [0.2, 0.25) is 19.7 Å². The SMILES string of the molecule is Cc1ccc(S(=O)(=O)OCCc2ccc3[nH]cc(S(=O)(=O)c4ccccc4)c3c2)cc1.[N-]=[N+]=NCCc1ccc2[nH]cc(S(=O)(=O)c3ccccc3)c2c1.[N-]=[N+]=[N-].[Na+]. The van der Waals surface area contributed by atoms with Crippen molar-refractivity contribution in [1.29, 1.82) is 0 Å². The first kappa shape index (κ1) is 45.3. The molecule has 19 heteroatoms. The van der Waals surface area contributed by atoms with E-state index in [-0.39, 0.29) is 60.6 Å². The summed E-state index contributed by atoms with van der Waals surface area (Å²) in [4.78, 5) is 11.2. The Morgan fingerprint density at radius 1 is 0.603 bits per heavy atom. The van der Waals surface area contributed by atoms with Gasteiger partial charge < -0.3 is 21.0 Å². The minimum absolute atomic E-state index is 0. The van der Waals surface area contributed by atoms with E-state index in [0.717, 1.165) is 22.2 Å². The van der Waals surface area contributed by atoms with E-state index in [9.17, 15) is 25.3 Å². The summed E-state index contributed by atoms with van der Waals surface area (Å²) < 4.78 is 81.5. The molecule has 0 spiro atoms. The molecule has 2 N–H and O–H groups in total. The molecule has 0 saturated carbocycles. The van der Waals surface area contributed by atoms with Gasteiger partial charge in [0.15, 0.2) is 0 Å². The number of rotatable bonds is 12. The maximum Gasteiger partial charge on any atom is 1.00 e. The van der Waals surface area contributed by atoms with Gasteiger partial charge in [-0.05, 0) is 97.1 Å². The van der Waals surface area contributed by atoms with Crippen LogP contribution in [0.15, 0.2) is 163 Å². The first-order valence-corrected chi connectivity index (χ1v) is 21.4. The van der Waals surface area contributed by atoms with Crippen molar-refractivity contribution in [3.63, 3.8) is 0 Å². The number of hydrogen-bond acceptors (Lipinski definition) is 8. The number of aryl methyl sites for hydroxylation is 1. The predicted molar refractivity (Wildman–Crippen MR) is 216 cm³/mol. The minimum atomic E-state index is -3.85. The van der Waals surface area contributed by atoms with Crippen molar-refractivity contribution in [2.24, 2.45) is 5.11 Å². The van der Waals surface area contributed by atoms with Crippen LogP contribution in [-0.4, -0.2) is 48.4 Å². The van der Waals surface area contributed by atoms with Gasteiger partial charge in [-0.15, -0.1) is 0 Å². The molecule has 0 saturated heterocycles. The number of fused-ring (bicyclic) bond motifs is 2. The quantitative estimate of drug-likeness (QED) is 0.0489. The van der Waals surface area contributed by atoms with Crippen LogP contribution in [-0.2, 0) is 46.8 Å². The van der Waals surface area contributed by atoms with Crippen molar-refractivity contribution in [2.45, 2.75) is 44.2 Å². The predicted octanol–water partition coefficient (Wildman–Crippen LogP) is 5.98. The van der Waals surface area contributed by atoms with E-state index in [2.05, 4.69) is 20.0 Å². The van der Waals surface area contributed by atoms with Crippen molar-refractivity contribution in [3.8, 4) is 0 Å². The van der Waals surface area contributed by atoms with Gasteiger partial charge in [0.1, 0.15) is 0 Å². The van der Waals surface area contributed by atoms with E-state index >= 15 is 0 Å². The molecule has 0 amide bonds. The molecule has 0 aliphatic heterocycles. The molecule has 0 fully saturated rings. The van der Waals surface area contributed by atoms with Gasteiger partial charge in [-0.1, -0.05) is 71.3 Å². The first-order valence-electron chi connectivity index (χ1n) is 17.1. The van der Waals surface area contributed by atoms with Crippen LogP contribution in [0, 0.1) is 6.92 Å². The van der Waals surface area contributed by atoms with E-state index in [0.29, 0.717) is 35.7 Å². The standard InChI is InChI=1S/C23H21NO5S2.C16H14N4O2S.N3.Na/c1-17-7-10-20(11-8-17)31(27,28)29-14-13-18-9-12-22-21(15-18)23(16-24-22)30(25,26)19-5-3-2-4-6-19;17-20-19-9-8-12-6-7-15-14(10-12)16(11-18-15)23(21,22)13-4-2-1-3-5-13;1-3-2;/h2-12,15-16,24H,13-14H2,1H3;1-7,10-11,18H,8-9H2;;/q;;-1;+1. The summed E-state index contributed by atoms with van der Waals surface area (Å²) in [6.07, 6.45) is 3.88. The zero-order chi connectivity index (χ0) is 41.1. The van der Waals surface area contributed by atoms with E-state index in [1.54, 1.807) is 84.9 Å². The molecule has 0 unspecified atom stereocenters. The van der Waals surface area contributed by atoms with Crippen LogP contribution >= 0.6 is 0 Å². The van der Waals surface area contributed by atoms with Gasteiger partial charge in [0.25, 0.3) is 10.1 Å². The van der Waals surface area contributed by atoms with Gasteiger partial charge in [-0.2, -0.15) is 8.42 Å². The molecule has 15 nitrogen and oxygen atoms in total. The number of aromatic nitrogens is 2. The number of aromatic amines is 2. The van der Waals surface area contributed by atoms with Crippen LogP contribution in [0.4, 0.5) is 0 Å². The van der Waals surface area contributed by atoms with Crippen LogP contribution < -0.4 is 29.6 Å². The molecule has 5 aromatic carbocycles. The van der Waals surface area contributed by atoms with Crippen LogP contribution in [0.1, 0.15) is 16.7 Å². The van der Waals surface area contributed by atoms with Crippen LogP contribution in [0.2, 0.25) is 0 Å². The fourth-order valence-electron chi connectivity index (χ4n) is 5.76. The Labute approximate surface area is 357 Å². The van der Waals surface area contributed by atoms with Gasteiger partial charge >= 0.3 is 29.6 Å². The molecule has 7 rings (SSSR count). The molecule has 0 bridgehead atoms. The summed E-state index contributed by atoms with van der Waals surface area (Å²) in [5, 5.41) is 4.71. The van der Waals surface area contributed by atoms with Crippen molar-refractivity contribution in [3.05, 3.63) is 177 Å². The number of nitrogens with one attached hydrogen (secondary N) is 2. The van der Waals surface area contributed by atoms with Crippen molar-refractivity contribution in [1.82, 2.24) is 9.97 Å². The largest absolute Gasteiger partial charge is 1.00 e. The maximum absolute atomic E-state index is 13.0. The average molecular weight is 847 g/mol. The third-order valence-electron chi connectivity index (χ3n) is 8.61. The Balaban J connectivity index is 0.000000245. The Kier molecular flexibility index (Phi) is 15.9. The molecular formula is C39H35N8NaO7S3. The number of benzene rings is 5. The molecule has 0 radical (unpaired) electrons. The van der Waals surface area contributed by atoms with Gasteiger partial charge in [-0.25, -0.2) is 16.8 Å². The van der Waals surface area contributed by atoms with Crippen LogP contribution in [0.25, 0.3) is 48.2 Å². The normalized spacial score (nSPS) is 11.2. The van der Waals surface area contributed by atoms with Gasteiger partial charge in [-0.3, -0.25) is 9.09 Å². The average Bonchev–Trinajstić information content (AvgIpc) is 3.85. The summed E-state index contributed by atoms with van der Waals surface area (Å²) >= 11 is 0. The van der Waals surface area contributed by atoms with Gasteiger partial charge in [0.05, 0.1) is 31.1 Å². The molecule has 292 valence electrons. The maximum atomic E-state index is 13.0. The molecule has 0 aliphatic carbocycles. The summed E-state index contributed by atoms with van der Waals surface area (Å²) in [6.45, 7) is 2.17. The molecular weight excluding hydrogens is 812 g/mol.